The van der Waals surface area contributed by atoms with Gasteiger partial charge in [0.15, 0.2) is 5.16 Å². The highest BCUT2D eigenvalue weighted by molar-refractivity contribution is 8.00. The van der Waals surface area contributed by atoms with Gasteiger partial charge in [0, 0.05) is 0 Å². The number of nitrogens with zero attached hydrogens (tertiary/aromatic N) is 3. The molecule has 6 nitrogen and oxygen atoms in total. The van der Waals surface area contributed by atoms with E-state index in [-0.39, 0.29) is 17.4 Å². The number of amides is 1. The molecular formula is C25H28N4O2S. The predicted molar refractivity (Wildman–Crippen MR) is 129 cm³/mol. The van der Waals surface area contributed by atoms with Gasteiger partial charge in [-0.3, -0.25) is 14.2 Å². The molecule has 0 saturated carbocycles. The molecule has 0 spiro atoms. The number of aryl methyl sites for hydroxylation is 2. The van der Waals surface area contributed by atoms with E-state index in [1.165, 1.54) is 11.8 Å². The van der Waals surface area contributed by atoms with Crippen LogP contribution >= 0.6 is 11.8 Å². The van der Waals surface area contributed by atoms with E-state index >= 15 is 0 Å². The zero-order valence-electron chi connectivity index (χ0n) is 19.3. The molecule has 2 aromatic carbocycles. The number of thioether (sulfide) groups is 1. The fourth-order valence-electron chi connectivity index (χ4n) is 3.42. The van der Waals surface area contributed by atoms with Crippen molar-refractivity contribution in [3.8, 4) is 11.8 Å². The molecule has 1 heterocycles. The summed E-state index contributed by atoms with van der Waals surface area (Å²) in [6.45, 7) is 11.2. The van der Waals surface area contributed by atoms with Crippen molar-refractivity contribution in [1.82, 2.24) is 14.9 Å². The van der Waals surface area contributed by atoms with Crippen LogP contribution in [0, 0.1) is 31.1 Å². The SMILES string of the molecule is Cc1cccc(C)c1-n1c(SC(C)C(=O)NC(C)(C#N)C(C)C)nc2ccccc2c1=O. The highest BCUT2D eigenvalue weighted by Crippen LogP contribution is 2.28. The quantitative estimate of drug-likeness (QED) is 0.442. The van der Waals surface area contributed by atoms with Gasteiger partial charge in [-0.05, 0) is 56.9 Å². The second kappa shape index (κ2) is 9.17. The van der Waals surface area contributed by atoms with Gasteiger partial charge in [0.05, 0.1) is 27.9 Å². The minimum Gasteiger partial charge on any atom is -0.337 e. The Morgan fingerprint density at radius 2 is 1.75 bits per heavy atom. The first kappa shape index (κ1) is 23.6. The van der Waals surface area contributed by atoms with Gasteiger partial charge in [-0.15, -0.1) is 0 Å². The van der Waals surface area contributed by atoms with Crippen molar-refractivity contribution in [3.05, 3.63) is 63.9 Å². The molecule has 2 atom stereocenters. The Kier molecular flexibility index (Phi) is 6.75. The number of benzene rings is 2. The molecule has 1 N–H and O–H groups in total. The van der Waals surface area contributed by atoms with E-state index in [0.29, 0.717) is 16.1 Å². The topological polar surface area (TPSA) is 87.8 Å². The van der Waals surface area contributed by atoms with Crippen LogP contribution in [0.2, 0.25) is 0 Å². The number of nitriles is 1. The van der Waals surface area contributed by atoms with E-state index in [1.807, 2.05) is 58.0 Å². The second-order valence-corrected chi connectivity index (χ2v) is 9.82. The summed E-state index contributed by atoms with van der Waals surface area (Å²) in [4.78, 5) is 31.2. The standard InChI is InChI=1S/C25H28N4O2S/c1-15(2)25(6,14-26)28-22(30)18(5)32-24-27-20-13-8-7-12-19(20)23(31)29(24)21-16(3)10-9-11-17(21)4/h7-13,15,18H,1-6H3,(H,28,30). The highest BCUT2D eigenvalue weighted by Gasteiger charge is 2.32. The van der Waals surface area contributed by atoms with Gasteiger partial charge < -0.3 is 5.32 Å². The Bertz CT molecular complexity index is 1250. The number of fused-ring (bicyclic) bond motifs is 1. The lowest BCUT2D eigenvalue weighted by atomic mass is 9.90. The van der Waals surface area contributed by atoms with Gasteiger partial charge in [0.25, 0.3) is 5.56 Å². The lowest BCUT2D eigenvalue weighted by molar-refractivity contribution is -0.121. The molecule has 0 saturated heterocycles. The molecule has 0 aliphatic rings. The van der Waals surface area contributed by atoms with Crippen molar-refractivity contribution in [2.24, 2.45) is 5.92 Å². The van der Waals surface area contributed by atoms with Gasteiger partial charge in [-0.25, -0.2) is 4.98 Å². The normalized spacial score (nSPS) is 14.1. The van der Waals surface area contributed by atoms with E-state index in [0.717, 1.165) is 16.8 Å². The summed E-state index contributed by atoms with van der Waals surface area (Å²) >= 11 is 1.21. The smallest absolute Gasteiger partial charge is 0.266 e. The molecule has 166 valence electrons. The average molecular weight is 449 g/mol. The predicted octanol–water partition coefficient (Wildman–Crippen LogP) is 4.54. The lowest BCUT2D eigenvalue weighted by Crippen LogP contribution is -2.51. The molecule has 3 rings (SSSR count). The molecule has 0 fully saturated rings. The van der Waals surface area contributed by atoms with Crippen LogP contribution in [0.5, 0.6) is 0 Å². The summed E-state index contributed by atoms with van der Waals surface area (Å²) < 4.78 is 1.60. The van der Waals surface area contributed by atoms with Crippen molar-refractivity contribution >= 4 is 28.6 Å². The van der Waals surface area contributed by atoms with Crippen LogP contribution in [0.1, 0.15) is 38.8 Å². The summed E-state index contributed by atoms with van der Waals surface area (Å²) in [7, 11) is 0. The zero-order valence-corrected chi connectivity index (χ0v) is 20.1. The average Bonchev–Trinajstić information content (AvgIpc) is 2.75. The van der Waals surface area contributed by atoms with Gasteiger partial charge in [-0.1, -0.05) is 55.9 Å². The minimum atomic E-state index is -0.977. The van der Waals surface area contributed by atoms with Crippen LogP contribution in [0.3, 0.4) is 0 Å². The van der Waals surface area contributed by atoms with Crippen molar-refractivity contribution in [2.45, 2.75) is 57.5 Å². The second-order valence-electron chi connectivity index (χ2n) is 8.51. The van der Waals surface area contributed by atoms with Gasteiger partial charge in [0.2, 0.25) is 5.91 Å². The van der Waals surface area contributed by atoms with Crippen LogP contribution in [-0.4, -0.2) is 26.2 Å². The molecule has 32 heavy (non-hydrogen) atoms. The van der Waals surface area contributed by atoms with Crippen molar-refractivity contribution < 1.29 is 4.79 Å². The zero-order chi connectivity index (χ0) is 23.6. The fourth-order valence-corrected chi connectivity index (χ4v) is 4.33. The van der Waals surface area contributed by atoms with Crippen LogP contribution in [-0.2, 0) is 4.79 Å². The molecule has 0 aliphatic carbocycles. The summed E-state index contributed by atoms with van der Waals surface area (Å²) in [5, 5.41) is 12.8. The number of aromatic nitrogens is 2. The fraction of sp³-hybridized carbons (Fsp3) is 0.360. The maximum atomic E-state index is 13.5. The number of rotatable bonds is 6. The van der Waals surface area contributed by atoms with E-state index in [4.69, 9.17) is 4.98 Å². The molecule has 0 aliphatic heterocycles. The Morgan fingerprint density at radius 3 is 2.34 bits per heavy atom. The first-order chi connectivity index (χ1) is 15.1. The molecule has 2 unspecified atom stereocenters. The number of carbonyl (C=O) groups excluding carboxylic acids is 1. The number of nitrogens with one attached hydrogen (secondary N) is 1. The molecule has 0 radical (unpaired) electrons. The van der Waals surface area contributed by atoms with Crippen LogP contribution in [0.15, 0.2) is 52.4 Å². The van der Waals surface area contributed by atoms with E-state index in [9.17, 15) is 14.9 Å². The molecule has 1 amide bonds. The monoisotopic (exact) mass is 448 g/mol. The van der Waals surface area contributed by atoms with Crippen LogP contribution in [0.4, 0.5) is 0 Å². The lowest BCUT2D eigenvalue weighted by Gasteiger charge is -2.28. The highest BCUT2D eigenvalue weighted by atomic mass is 32.2. The third-order valence-corrected chi connectivity index (χ3v) is 6.88. The number of para-hydroxylation sites is 2. The summed E-state index contributed by atoms with van der Waals surface area (Å²) in [5.41, 5.74) is 2.09. The van der Waals surface area contributed by atoms with Crippen molar-refractivity contribution in [3.63, 3.8) is 0 Å². The molecule has 1 aromatic heterocycles. The molecular weight excluding hydrogens is 420 g/mol. The maximum absolute atomic E-state index is 13.5. The molecule has 0 bridgehead atoms. The number of hydrogen-bond donors (Lipinski definition) is 1. The number of carbonyl (C=O) groups is 1. The van der Waals surface area contributed by atoms with Crippen molar-refractivity contribution in [2.75, 3.05) is 0 Å². The van der Waals surface area contributed by atoms with Gasteiger partial charge in [0.1, 0.15) is 5.54 Å². The van der Waals surface area contributed by atoms with Crippen molar-refractivity contribution in [1.29, 1.82) is 5.26 Å². The molecule has 3 aromatic rings. The maximum Gasteiger partial charge on any atom is 0.266 e. The summed E-state index contributed by atoms with van der Waals surface area (Å²) in [6, 6.07) is 15.3. The Morgan fingerprint density at radius 1 is 1.12 bits per heavy atom. The van der Waals surface area contributed by atoms with Gasteiger partial charge >= 0.3 is 0 Å². The largest absolute Gasteiger partial charge is 0.337 e. The first-order valence-electron chi connectivity index (χ1n) is 10.6. The molecule has 7 heteroatoms. The summed E-state index contributed by atoms with van der Waals surface area (Å²) in [5.74, 6) is -0.330. The summed E-state index contributed by atoms with van der Waals surface area (Å²) in [6.07, 6.45) is 0. The number of hydrogen-bond acceptors (Lipinski definition) is 5. The van der Waals surface area contributed by atoms with Crippen LogP contribution < -0.4 is 10.9 Å². The Labute approximate surface area is 192 Å². The van der Waals surface area contributed by atoms with E-state index < -0.39 is 10.8 Å². The van der Waals surface area contributed by atoms with E-state index in [2.05, 4.69) is 11.4 Å². The van der Waals surface area contributed by atoms with E-state index in [1.54, 1.807) is 30.5 Å². The Hall–Kier alpha value is -3.11. The third-order valence-electron chi connectivity index (χ3n) is 5.83. The van der Waals surface area contributed by atoms with Crippen LogP contribution in [0.25, 0.3) is 16.6 Å². The minimum absolute atomic E-state index is 0.0553. The third kappa shape index (κ3) is 4.42. The van der Waals surface area contributed by atoms with Gasteiger partial charge in [-0.2, -0.15) is 5.26 Å². The Balaban J connectivity index is 2.11. The first-order valence-corrected chi connectivity index (χ1v) is 11.5.